The number of Topliss-reactive ketones (excluding diaryl/α,β-unsaturated/α-hetero) is 1. The summed E-state index contributed by atoms with van der Waals surface area (Å²) in [4.78, 5) is 167. The zero-order valence-electron chi connectivity index (χ0n) is 40.6. The number of para-hydroxylation sites is 1. The molecule has 0 spiro atoms. The highest BCUT2D eigenvalue weighted by molar-refractivity contribution is 7.99. The molecule has 1 fully saturated rings. The Hall–Kier alpha value is -7.09. The van der Waals surface area contributed by atoms with E-state index in [1.165, 1.54) is 19.9 Å². The first-order valence-corrected chi connectivity index (χ1v) is 24.3. The molecule has 8 amide bonds. The molecule has 2 bridgehead atoms. The lowest BCUT2D eigenvalue weighted by molar-refractivity contribution is -0.161. The normalized spacial score (nSPS) is 25.4. The number of ether oxygens (including phenoxy) is 3. The predicted molar refractivity (Wildman–Crippen MR) is 252 cm³/mol. The molecule has 2 aromatic rings. The number of H-pyrrole nitrogens is 1. The average Bonchev–Trinajstić information content (AvgIpc) is 3.88. The van der Waals surface area contributed by atoms with Gasteiger partial charge in [0, 0.05) is 63.1 Å². The summed E-state index contributed by atoms with van der Waals surface area (Å²) in [6, 6.07) is -3.22. The standard InChI is InChI=1S/C46H61N9O16S/c1-7-20(2)38-44(67)49-15-36(62)50-30-19-72-45-28(27-9-8-10-33(40(27)54-45)70-23(5)57)11-25(41(64)48-16-37(63)52-38)12-32(60)39(21(3)34(71-24(6)58)18-69-22(4)56)53-43(66)31-13-26(59)17-55(31)46(68)29(14-35(47)61)51-42(30)65/h8-10,20-21,25-26,29-31,34,38-39,54,59H,7,11-19H2,1-6H3,(H2,47,61)(H,48,64)(H,49,67)(H,50,62)(H,51,65)(H,52,63)(H,53,66)/t20-,21?,25?,26?,29?,30?,31-,34-,38-,39-/m0/s1. The molecule has 1 aromatic carbocycles. The number of aromatic nitrogens is 1. The van der Waals surface area contributed by atoms with Crippen LogP contribution in [0.2, 0.25) is 0 Å². The fourth-order valence-electron chi connectivity index (χ4n) is 8.63. The summed E-state index contributed by atoms with van der Waals surface area (Å²) in [6.07, 6.45) is -4.65. The van der Waals surface area contributed by atoms with Gasteiger partial charge in [0.25, 0.3) is 0 Å². The minimum absolute atomic E-state index is 0.0483. The number of hydrogen-bond acceptors (Lipinski definition) is 17. The van der Waals surface area contributed by atoms with Gasteiger partial charge in [0.05, 0.1) is 42.2 Å². The minimum Gasteiger partial charge on any atom is -0.462 e. The van der Waals surface area contributed by atoms with E-state index < -0.39 is 177 Å². The quantitative estimate of drug-likeness (QED) is 0.0879. The highest BCUT2D eigenvalue weighted by Gasteiger charge is 2.45. The van der Waals surface area contributed by atoms with Crippen molar-refractivity contribution in [2.24, 2.45) is 23.5 Å². The first-order valence-electron chi connectivity index (χ1n) is 23.3. The van der Waals surface area contributed by atoms with Crippen molar-refractivity contribution in [2.45, 2.75) is 121 Å². The Kier molecular flexibility index (Phi) is 19.3. The number of thioether (sulfide) groups is 1. The first kappa shape index (κ1) is 55.8. The minimum atomic E-state index is -1.80. The lowest BCUT2D eigenvalue weighted by Crippen LogP contribution is -2.60. The van der Waals surface area contributed by atoms with E-state index in [4.69, 9.17) is 19.9 Å². The molecular weight excluding hydrogens is 967 g/mol. The Bertz CT molecular complexity index is 2480. The van der Waals surface area contributed by atoms with Crippen molar-refractivity contribution in [1.82, 2.24) is 41.8 Å². The van der Waals surface area contributed by atoms with Crippen LogP contribution in [0.15, 0.2) is 23.2 Å². The summed E-state index contributed by atoms with van der Waals surface area (Å²) in [6.45, 7) is 5.64. The number of nitrogens with one attached hydrogen (secondary N) is 7. The molecule has 0 saturated carbocycles. The maximum atomic E-state index is 15.1. The largest absolute Gasteiger partial charge is 0.462 e. The number of aliphatic hydroxyl groups is 1. The van der Waals surface area contributed by atoms with Gasteiger partial charge in [0.1, 0.15) is 36.9 Å². The number of amides is 8. The Labute approximate surface area is 417 Å². The number of rotatable bonds is 10. The number of carbonyl (C=O) groups excluding carboxylic acids is 12. The second kappa shape index (κ2) is 24.8. The highest BCUT2D eigenvalue weighted by atomic mass is 32.2. The topological polar surface area (TPSA) is 370 Å². The van der Waals surface area contributed by atoms with Crippen LogP contribution < -0.4 is 42.4 Å². The molecule has 1 aromatic heterocycles. The Morgan fingerprint density at radius 3 is 2.15 bits per heavy atom. The van der Waals surface area contributed by atoms with Crippen LogP contribution in [0.5, 0.6) is 5.75 Å². The van der Waals surface area contributed by atoms with E-state index in [0.29, 0.717) is 17.4 Å². The fraction of sp³-hybridized carbons (Fsp3) is 0.565. The second-order valence-corrected chi connectivity index (χ2v) is 19.0. The number of nitrogens with two attached hydrogens (primary N) is 1. The van der Waals surface area contributed by atoms with Crippen LogP contribution in [-0.2, 0) is 73.4 Å². The van der Waals surface area contributed by atoms with Crippen molar-refractivity contribution >= 4 is 93.6 Å². The van der Waals surface area contributed by atoms with E-state index in [-0.39, 0.29) is 28.5 Å². The Morgan fingerprint density at radius 2 is 1.51 bits per heavy atom. The predicted octanol–water partition coefficient (Wildman–Crippen LogP) is -2.48. The molecule has 0 aliphatic carbocycles. The molecule has 5 rings (SSSR count). The van der Waals surface area contributed by atoms with E-state index in [1.807, 2.05) is 0 Å². The molecule has 3 aliphatic rings. The Morgan fingerprint density at radius 1 is 0.833 bits per heavy atom. The first-order chi connectivity index (χ1) is 34.0. The summed E-state index contributed by atoms with van der Waals surface area (Å²) < 4.78 is 16.2. The van der Waals surface area contributed by atoms with Gasteiger partial charge in [0.2, 0.25) is 47.3 Å². The number of hydrogen-bond donors (Lipinski definition) is 9. The molecule has 10 N–H and O–H groups in total. The molecule has 25 nitrogen and oxygen atoms in total. The monoisotopic (exact) mass is 1030 g/mol. The molecule has 72 heavy (non-hydrogen) atoms. The van der Waals surface area contributed by atoms with Crippen LogP contribution in [0.4, 0.5) is 0 Å². The highest BCUT2D eigenvalue weighted by Crippen LogP contribution is 2.37. The van der Waals surface area contributed by atoms with E-state index in [9.17, 15) is 57.8 Å². The zero-order chi connectivity index (χ0) is 53.1. The SMILES string of the molecule is CC[C@H](C)[C@@H]1NC(=O)CNC(=O)C2CC(=O)[C@H](C(C)[C@H](COC(C)=O)OC(C)=O)NC(=O)[C@@H]3CC(O)CN3C(=O)C(CC(N)=O)NC(=O)C(CSc3[nH]c4c(OC(C)=O)cccc4c3C2)NC(=O)CNC1=O. The van der Waals surface area contributed by atoms with Gasteiger partial charge in [-0.1, -0.05) is 39.3 Å². The molecule has 10 atom stereocenters. The van der Waals surface area contributed by atoms with Crippen LogP contribution in [0, 0.1) is 17.8 Å². The summed E-state index contributed by atoms with van der Waals surface area (Å²) in [5.74, 6) is -14.3. The van der Waals surface area contributed by atoms with Crippen molar-refractivity contribution in [3.63, 3.8) is 0 Å². The van der Waals surface area contributed by atoms with Crippen molar-refractivity contribution in [3.8, 4) is 5.75 Å². The van der Waals surface area contributed by atoms with Gasteiger partial charge >= 0.3 is 17.9 Å². The number of fused-ring (bicyclic) bond motifs is 5. The van der Waals surface area contributed by atoms with Crippen molar-refractivity contribution < 1.29 is 76.9 Å². The molecule has 3 aliphatic heterocycles. The number of aromatic amines is 1. The van der Waals surface area contributed by atoms with Gasteiger partial charge in [-0.2, -0.15) is 0 Å². The average molecular weight is 1030 g/mol. The molecule has 26 heteroatoms. The van der Waals surface area contributed by atoms with Gasteiger partial charge in [-0.05, 0) is 24.0 Å². The number of ketones is 1. The molecule has 392 valence electrons. The molecule has 1 saturated heterocycles. The zero-order valence-corrected chi connectivity index (χ0v) is 41.4. The number of carbonyl (C=O) groups is 12. The molecular formula is C46H61N9O16S. The number of aliphatic hydroxyl groups excluding tert-OH is 1. The summed E-state index contributed by atoms with van der Waals surface area (Å²) in [7, 11) is 0. The van der Waals surface area contributed by atoms with Gasteiger partial charge in [-0.3, -0.25) is 57.5 Å². The van der Waals surface area contributed by atoms with Crippen LogP contribution >= 0.6 is 11.8 Å². The third-order valence-corrected chi connectivity index (χ3v) is 13.6. The van der Waals surface area contributed by atoms with Crippen LogP contribution in [-0.4, -0.2) is 160 Å². The number of primary amides is 1. The molecule has 5 unspecified atom stereocenters. The maximum absolute atomic E-state index is 15.1. The third kappa shape index (κ3) is 14.5. The Balaban J connectivity index is 1.77. The molecule has 4 heterocycles. The molecule has 0 radical (unpaired) electrons. The van der Waals surface area contributed by atoms with Crippen molar-refractivity contribution in [1.29, 1.82) is 0 Å². The van der Waals surface area contributed by atoms with E-state index >= 15 is 4.79 Å². The van der Waals surface area contributed by atoms with Crippen LogP contribution in [0.25, 0.3) is 10.9 Å². The second-order valence-electron chi connectivity index (χ2n) is 18.0. The number of esters is 3. The van der Waals surface area contributed by atoms with E-state index in [1.54, 1.807) is 26.0 Å². The van der Waals surface area contributed by atoms with E-state index in [2.05, 4.69) is 36.9 Å². The third-order valence-electron chi connectivity index (χ3n) is 12.5. The number of nitrogens with zero attached hydrogens (tertiary/aromatic N) is 1. The maximum Gasteiger partial charge on any atom is 0.308 e. The summed E-state index contributed by atoms with van der Waals surface area (Å²) in [5.41, 5.74) is 6.12. The van der Waals surface area contributed by atoms with Gasteiger partial charge in [-0.15, -0.1) is 11.8 Å². The summed E-state index contributed by atoms with van der Waals surface area (Å²) >= 11 is 0.921. The number of benzene rings is 1. The lowest BCUT2D eigenvalue weighted by Gasteiger charge is -2.33. The van der Waals surface area contributed by atoms with Gasteiger partial charge < -0.3 is 66.8 Å². The summed E-state index contributed by atoms with van der Waals surface area (Å²) in [5, 5.41) is 26.7. The fourth-order valence-corrected chi connectivity index (χ4v) is 9.74. The smallest absolute Gasteiger partial charge is 0.308 e. The van der Waals surface area contributed by atoms with E-state index in [0.717, 1.165) is 30.5 Å². The van der Waals surface area contributed by atoms with Crippen LogP contribution in [0.1, 0.15) is 72.8 Å². The van der Waals surface area contributed by atoms with Crippen LogP contribution in [0.3, 0.4) is 0 Å². The lowest BCUT2D eigenvalue weighted by atomic mass is 9.85. The van der Waals surface area contributed by atoms with Crippen molar-refractivity contribution in [3.05, 3.63) is 23.8 Å². The van der Waals surface area contributed by atoms with Gasteiger partial charge in [-0.25, -0.2) is 0 Å². The van der Waals surface area contributed by atoms with Gasteiger partial charge in [0.15, 0.2) is 11.5 Å². The van der Waals surface area contributed by atoms with Crippen molar-refractivity contribution in [2.75, 3.05) is 32.0 Å².